The van der Waals surface area contributed by atoms with Crippen molar-refractivity contribution in [2.45, 2.75) is 20.1 Å². The lowest BCUT2D eigenvalue weighted by molar-refractivity contribution is 0.281. The molecule has 0 fully saturated rings. The van der Waals surface area contributed by atoms with Gasteiger partial charge in [-0.05, 0) is 48.4 Å². The van der Waals surface area contributed by atoms with Crippen LogP contribution in [-0.2, 0) is 17.9 Å². The number of aliphatic hydroxyl groups is 1. The highest BCUT2D eigenvalue weighted by atomic mass is 35.5. The Kier molecular flexibility index (Phi) is 5.04. The minimum atomic E-state index is -0.0848. The van der Waals surface area contributed by atoms with Gasteiger partial charge in [-0.15, -0.1) is 15.3 Å². The van der Waals surface area contributed by atoms with Gasteiger partial charge in [0.15, 0.2) is 5.65 Å². The van der Waals surface area contributed by atoms with E-state index in [0.717, 1.165) is 39.3 Å². The molecule has 0 atom stereocenters. The third-order valence-corrected chi connectivity index (χ3v) is 4.93. The summed E-state index contributed by atoms with van der Waals surface area (Å²) in [6.45, 7) is 5.73. The molecule has 3 aromatic heterocycles. The zero-order chi connectivity index (χ0) is 20.5. The van der Waals surface area contributed by atoms with Crippen molar-refractivity contribution < 1.29 is 9.84 Å². The second-order valence-electron chi connectivity index (χ2n) is 6.54. The number of nitrogens with zero attached hydrogens (tertiary/aromatic N) is 6. The quantitative estimate of drug-likeness (QED) is 0.311. The number of aliphatic hydroxyl groups excluding tert-OH is 1. The number of fused-ring (bicyclic) bond motifs is 3. The van der Waals surface area contributed by atoms with Crippen LogP contribution in [0.4, 0.5) is 0 Å². The smallest absolute Gasteiger partial charge is 0.257 e. The lowest BCUT2D eigenvalue weighted by atomic mass is 10.1. The van der Waals surface area contributed by atoms with E-state index in [-0.39, 0.29) is 6.61 Å². The summed E-state index contributed by atoms with van der Waals surface area (Å²) in [7, 11) is 1.54. The predicted octanol–water partition coefficient (Wildman–Crippen LogP) is 3.20. The van der Waals surface area contributed by atoms with Gasteiger partial charge in [-0.3, -0.25) is 4.40 Å². The number of benzene rings is 1. The standard InChI is InChI=1S/C20H19ClN6O2/c1-12-23-24-19-5-4-16-17(27(12)19)9-18(20(29-3)25-22-2)26(16)10-13-6-14(11-28)8-15(21)7-13/h4-9,28H,2,10-11H2,1,3H3/b25-20-. The molecule has 1 N–H and O–H groups in total. The van der Waals surface area contributed by atoms with E-state index >= 15 is 0 Å². The van der Waals surface area contributed by atoms with Crippen molar-refractivity contribution in [3.8, 4) is 0 Å². The number of halogens is 1. The van der Waals surface area contributed by atoms with Crippen LogP contribution >= 0.6 is 11.6 Å². The minimum absolute atomic E-state index is 0.0848. The SMILES string of the molecule is C=N/N=C(\OC)c1cc2c(ccc3nnc(C)n32)n1Cc1cc(Cl)cc(CO)c1. The van der Waals surface area contributed by atoms with E-state index in [4.69, 9.17) is 16.3 Å². The van der Waals surface area contributed by atoms with Crippen LogP contribution in [0, 0.1) is 6.92 Å². The molecule has 4 rings (SSSR count). The van der Waals surface area contributed by atoms with Crippen LogP contribution in [0.15, 0.2) is 46.6 Å². The van der Waals surface area contributed by atoms with Crippen molar-refractivity contribution >= 4 is 40.9 Å². The maximum atomic E-state index is 9.52. The normalized spacial score (nSPS) is 12.1. The average Bonchev–Trinajstić information content (AvgIpc) is 3.26. The van der Waals surface area contributed by atoms with Crippen LogP contribution < -0.4 is 0 Å². The summed E-state index contributed by atoms with van der Waals surface area (Å²) >= 11 is 6.24. The first-order chi connectivity index (χ1) is 14.0. The van der Waals surface area contributed by atoms with Crippen molar-refractivity contribution in [3.63, 3.8) is 0 Å². The Labute approximate surface area is 171 Å². The van der Waals surface area contributed by atoms with Crippen LogP contribution in [0.25, 0.3) is 16.7 Å². The van der Waals surface area contributed by atoms with Crippen LogP contribution in [0.2, 0.25) is 5.02 Å². The summed E-state index contributed by atoms with van der Waals surface area (Å²) in [6.07, 6.45) is 0. The van der Waals surface area contributed by atoms with Gasteiger partial charge in [0.1, 0.15) is 11.5 Å². The second-order valence-corrected chi connectivity index (χ2v) is 6.97. The minimum Gasteiger partial charge on any atom is -0.478 e. The molecule has 0 saturated carbocycles. The largest absolute Gasteiger partial charge is 0.478 e. The lowest BCUT2D eigenvalue weighted by Crippen LogP contribution is -2.12. The topological polar surface area (TPSA) is 89.3 Å². The van der Waals surface area contributed by atoms with Crippen molar-refractivity contribution in [1.82, 2.24) is 19.2 Å². The fourth-order valence-corrected chi connectivity index (χ4v) is 3.81. The van der Waals surface area contributed by atoms with E-state index in [1.165, 1.54) is 7.11 Å². The monoisotopic (exact) mass is 410 g/mol. The van der Waals surface area contributed by atoms with Gasteiger partial charge in [0, 0.05) is 18.3 Å². The van der Waals surface area contributed by atoms with E-state index < -0.39 is 0 Å². The number of aromatic nitrogens is 4. The van der Waals surface area contributed by atoms with Gasteiger partial charge in [-0.1, -0.05) is 17.7 Å². The zero-order valence-electron chi connectivity index (χ0n) is 16.0. The molecule has 148 valence electrons. The molecular formula is C20H19ClN6O2. The molecule has 29 heavy (non-hydrogen) atoms. The Hall–Kier alpha value is -3.23. The van der Waals surface area contributed by atoms with E-state index in [1.54, 1.807) is 6.07 Å². The molecule has 9 heteroatoms. The number of ether oxygens (including phenoxy) is 1. The maximum absolute atomic E-state index is 9.52. The molecule has 0 saturated heterocycles. The summed E-state index contributed by atoms with van der Waals surface area (Å²) in [6, 6.07) is 11.4. The molecule has 1 aromatic carbocycles. The highest BCUT2D eigenvalue weighted by Gasteiger charge is 2.19. The van der Waals surface area contributed by atoms with Crippen LogP contribution in [0.3, 0.4) is 0 Å². The van der Waals surface area contributed by atoms with Crippen LogP contribution in [0.5, 0.6) is 0 Å². The molecule has 0 bridgehead atoms. The summed E-state index contributed by atoms with van der Waals surface area (Å²) < 4.78 is 9.49. The van der Waals surface area contributed by atoms with Gasteiger partial charge in [0.2, 0.25) is 0 Å². The number of pyridine rings is 1. The maximum Gasteiger partial charge on any atom is 0.257 e. The van der Waals surface area contributed by atoms with Crippen LogP contribution in [0.1, 0.15) is 22.6 Å². The first-order valence-electron chi connectivity index (χ1n) is 8.87. The molecule has 3 heterocycles. The van der Waals surface area contributed by atoms with Gasteiger partial charge < -0.3 is 14.4 Å². The van der Waals surface area contributed by atoms with E-state index in [9.17, 15) is 5.11 Å². The third kappa shape index (κ3) is 3.37. The molecule has 0 aliphatic rings. The Bertz CT molecular complexity index is 1260. The number of methoxy groups -OCH3 is 1. The summed E-state index contributed by atoms with van der Waals surface area (Å²) in [5, 5.41) is 26.1. The van der Waals surface area contributed by atoms with Gasteiger partial charge in [0.25, 0.3) is 5.90 Å². The van der Waals surface area contributed by atoms with E-state index in [1.807, 2.05) is 41.7 Å². The molecule has 0 aliphatic heterocycles. The first kappa shape index (κ1) is 19.1. The third-order valence-electron chi connectivity index (χ3n) is 4.71. The molecule has 0 spiro atoms. The zero-order valence-corrected chi connectivity index (χ0v) is 16.8. The molecule has 0 radical (unpaired) electrons. The van der Waals surface area contributed by atoms with Gasteiger partial charge in [-0.25, -0.2) is 0 Å². The van der Waals surface area contributed by atoms with E-state index in [0.29, 0.717) is 17.5 Å². The lowest BCUT2D eigenvalue weighted by Gasteiger charge is -2.13. The predicted molar refractivity (Wildman–Crippen MR) is 113 cm³/mol. The van der Waals surface area contributed by atoms with Crippen molar-refractivity contribution in [3.05, 3.63) is 64.1 Å². The van der Waals surface area contributed by atoms with Crippen LogP contribution in [-0.4, -0.2) is 44.0 Å². The van der Waals surface area contributed by atoms with Gasteiger partial charge in [0.05, 0.1) is 24.8 Å². The molecule has 0 aliphatic carbocycles. The van der Waals surface area contributed by atoms with Crippen molar-refractivity contribution in [2.24, 2.45) is 10.2 Å². The Balaban J connectivity index is 1.98. The molecule has 8 nitrogen and oxygen atoms in total. The Morgan fingerprint density at radius 3 is 2.69 bits per heavy atom. The van der Waals surface area contributed by atoms with Gasteiger partial charge in [-0.2, -0.15) is 5.10 Å². The summed E-state index contributed by atoms with van der Waals surface area (Å²) in [5.41, 5.74) is 5.01. The molecule has 0 amide bonds. The van der Waals surface area contributed by atoms with E-state index in [2.05, 4.69) is 31.7 Å². The fourth-order valence-electron chi connectivity index (χ4n) is 3.53. The Morgan fingerprint density at radius 2 is 1.97 bits per heavy atom. The van der Waals surface area contributed by atoms with Crippen molar-refractivity contribution in [1.29, 1.82) is 0 Å². The summed E-state index contributed by atoms with van der Waals surface area (Å²) in [5.74, 6) is 1.11. The first-order valence-corrected chi connectivity index (χ1v) is 9.24. The highest BCUT2D eigenvalue weighted by molar-refractivity contribution is 6.30. The number of aryl methyl sites for hydroxylation is 1. The second kappa shape index (κ2) is 7.65. The molecule has 4 aromatic rings. The van der Waals surface area contributed by atoms with Gasteiger partial charge >= 0.3 is 0 Å². The fraction of sp³-hybridized carbons (Fsp3) is 0.200. The number of hydrogen-bond acceptors (Lipinski definition) is 6. The number of hydrogen-bond donors (Lipinski definition) is 1. The average molecular weight is 411 g/mol. The molecular weight excluding hydrogens is 392 g/mol. The number of rotatable bonds is 5. The summed E-state index contributed by atoms with van der Waals surface area (Å²) in [4.78, 5) is 0. The molecule has 0 unspecified atom stereocenters. The highest BCUT2D eigenvalue weighted by Crippen LogP contribution is 2.26. The Morgan fingerprint density at radius 1 is 1.17 bits per heavy atom. The van der Waals surface area contributed by atoms with Crippen molar-refractivity contribution in [2.75, 3.05) is 7.11 Å².